The third kappa shape index (κ3) is 4.87. The molecule has 1 aliphatic carbocycles. The van der Waals surface area contributed by atoms with Crippen LogP contribution in [0.15, 0.2) is 18.2 Å². The highest BCUT2D eigenvalue weighted by Crippen LogP contribution is 2.51. The van der Waals surface area contributed by atoms with Gasteiger partial charge in [-0.1, -0.05) is 12.5 Å². The molecule has 3 saturated heterocycles. The Morgan fingerprint density at radius 1 is 1.21 bits per heavy atom. The first-order chi connectivity index (χ1) is 23.7. The van der Waals surface area contributed by atoms with E-state index in [-0.39, 0.29) is 68.6 Å². The van der Waals surface area contributed by atoms with Crippen LogP contribution >= 0.6 is 22.9 Å². The van der Waals surface area contributed by atoms with Gasteiger partial charge in [0.2, 0.25) is 0 Å². The van der Waals surface area contributed by atoms with E-state index in [0.717, 1.165) is 31.0 Å². The molecule has 4 aliphatic rings. The van der Waals surface area contributed by atoms with Crippen LogP contribution in [0.4, 0.5) is 37.2 Å². The summed E-state index contributed by atoms with van der Waals surface area (Å²) >= 11 is 7.29. The second kappa shape index (κ2) is 11.2. The molecule has 2 aromatic heterocycles. The number of aromatic nitrogens is 2. The quantitative estimate of drug-likeness (QED) is 0.167. The summed E-state index contributed by atoms with van der Waals surface area (Å²) in [6.45, 7) is -1.78. The van der Waals surface area contributed by atoms with Crippen LogP contribution in [0.3, 0.4) is 0 Å². The largest absolute Gasteiger partial charge is 0.461 e. The summed E-state index contributed by atoms with van der Waals surface area (Å²) in [5.41, 5.74) is 0.863. The SMILES string of the molecule is [2H]C([2H])(Oc1nc(N2CCCC[C@H]3[C@H](Cl)[C@H]32)c2cc(C(F)(F)F)c(-c3ccc(F)c4sc(N)c(C#N)c34)c(F)c2n1)[C@@]12CCCN1C[C@H](F)C2. The van der Waals surface area contributed by atoms with E-state index in [2.05, 4.69) is 9.97 Å². The Kier molecular flexibility index (Phi) is 6.89. The smallest absolute Gasteiger partial charge is 0.417 e. The first-order valence-electron chi connectivity index (χ1n) is 16.7. The average molecular weight is 709 g/mol. The van der Waals surface area contributed by atoms with Gasteiger partial charge in [0.1, 0.15) is 41.0 Å². The fourth-order valence-corrected chi connectivity index (χ4v) is 9.42. The number of alkyl halides is 5. The molecule has 0 unspecified atom stereocenters. The molecule has 7 nitrogen and oxygen atoms in total. The van der Waals surface area contributed by atoms with Gasteiger partial charge in [0.25, 0.3) is 0 Å². The van der Waals surface area contributed by atoms with Gasteiger partial charge in [-0.25, -0.2) is 13.2 Å². The van der Waals surface area contributed by atoms with E-state index < -0.39 is 64.3 Å². The van der Waals surface area contributed by atoms with Gasteiger partial charge in [-0.05, 0) is 55.8 Å². The van der Waals surface area contributed by atoms with Gasteiger partial charge in [0.05, 0.1) is 35.5 Å². The van der Waals surface area contributed by atoms with E-state index in [9.17, 15) is 14.0 Å². The van der Waals surface area contributed by atoms with Crippen molar-refractivity contribution in [2.24, 2.45) is 5.92 Å². The third-order valence-corrected chi connectivity index (χ3v) is 11.8. The standard InChI is InChI=1S/C33H29ClF6N6OS/c34-24-17-4-1-2-9-46(27(17)24)30-18-10-20(33(38,39)40)23(16-5-6-21(36)28-22(16)19(12-41)29(42)48-28)25(37)26(18)43-31(44-30)47-14-32-7-3-8-45(32)13-15(35)11-32/h5-6,10,15,17,24,27H,1-4,7-9,11,13-14,42H2/t15-,17+,24+,27+,32+/m1/s1/i14D2. The number of hydrogen-bond donors (Lipinski definition) is 1. The lowest BCUT2D eigenvalue weighted by atomic mass is 9.92. The van der Waals surface area contributed by atoms with Crippen molar-refractivity contribution in [1.82, 2.24) is 14.9 Å². The molecular weight excluding hydrogens is 678 g/mol. The Balaban J connectivity index is 1.39. The molecule has 2 aromatic carbocycles. The summed E-state index contributed by atoms with van der Waals surface area (Å²) in [4.78, 5) is 12.1. The van der Waals surface area contributed by atoms with Crippen molar-refractivity contribution in [2.45, 2.75) is 67.8 Å². The molecule has 1 saturated carbocycles. The zero-order valence-corrected chi connectivity index (χ0v) is 26.8. The van der Waals surface area contributed by atoms with Crippen LogP contribution in [0.1, 0.15) is 52.4 Å². The number of thiophene rings is 1. The van der Waals surface area contributed by atoms with Gasteiger partial charge in [-0.15, -0.1) is 22.9 Å². The van der Waals surface area contributed by atoms with Crippen LogP contribution in [0, 0.1) is 28.9 Å². The monoisotopic (exact) mass is 708 g/mol. The fourth-order valence-electron chi connectivity index (χ4n) is 7.96. The predicted molar refractivity (Wildman–Crippen MR) is 171 cm³/mol. The second-order valence-electron chi connectivity index (χ2n) is 13.0. The number of nitrogens with two attached hydrogens (primary N) is 1. The molecule has 2 N–H and O–H groups in total. The summed E-state index contributed by atoms with van der Waals surface area (Å²) in [6.07, 6.45) is -3.49. The number of nitrogens with zero attached hydrogens (tertiary/aromatic N) is 5. The van der Waals surface area contributed by atoms with Crippen molar-refractivity contribution in [3.63, 3.8) is 0 Å². The number of halogens is 7. The molecule has 8 rings (SSSR count). The van der Waals surface area contributed by atoms with Crippen molar-refractivity contribution in [3.8, 4) is 23.2 Å². The van der Waals surface area contributed by atoms with E-state index in [1.165, 1.54) is 0 Å². The molecule has 0 radical (unpaired) electrons. The molecule has 0 amide bonds. The minimum absolute atomic E-state index is 0.0121. The molecule has 5 atom stereocenters. The summed E-state index contributed by atoms with van der Waals surface area (Å²) in [7, 11) is 0. The number of nitriles is 1. The molecule has 15 heteroatoms. The normalized spacial score (nSPS) is 28.2. The van der Waals surface area contributed by atoms with Gasteiger partial charge in [-0.2, -0.15) is 28.4 Å². The maximum Gasteiger partial charge on any atom is 0.417 e. The molecule has 0 spiro atoms. The fraction of sp³-hybridized carbons (Fsp3) is 0.485. The number of anilines is 2. The molecule has 4 aromatic rings. The Morgan fingerprint density at radius 2 is 2.02 bits per heavy atom. The number of fused-ring (bicyclic) bond motifs is 4. The van der Waals surface area contributed by atoms with Crippen LogP contribution in [0.25, 0.3) is 32.1 Å². The summed E-state index contributed by atoms with van der Waals surface area (Å²) < 4.78 is 115. The van der Waals surface area contributed by atoms with Crippen LogP contribution in [0.2, 0.25) is 0 Å². The number of hydrogen-bond acceptors (Lipinski definition) is 8. The molecule has 4 fully saturated rings. The van der Waals surface area contributed by atoms with E-state index in [4.69, 9.17) is 24.8 Å². The highest BCUT2D eigenvalue weighted by Gasteiger charge is 2.54. The van der Waals surface area contributed by atoms with Gasteiger partial charge in [-0.3, -0.25) is 4.90 Å². The maximum atomic E-state index is 17.2. The molecule has 252 valence electrons. The Morgan fingerprint density at radius 3 is 2.79 bits per heavy atom. The van der Waals surface area contributed by atoms with E-state index in [1.807, 2.05) is 0 Å². The van der Waals surface area contributed by atoms with Gasteiger partial charge in [0.15, 0.2) is 5.82 Å². The molecule has 48 heavy (non-hydrogen) atoms. The van der Waals surface area contributed by atoms with E-state index >= 15 is 17.6 Å². The lowest BCUT2D eigenvalue weighted by Gasteiger charge is -2.31. The van der Waals surface area contributed by atoms with Crippen LogP contribution in [-0.2, 0) is 6.18 Å². The Hall–Kier alpha value is -3.54. The lowest BCUT2D eigenvalue weighted by Crippen LogP contribution is -2.43. The number of rotatable bonds is 5. The molecule has 0 bridgehead atoms. The highest BCUT2D eigenvalue weighted by molar-refractivity contribution is 7.23. The summed E-state index contributed by atoms with van der Waals surface area (Å²) in [6, 6.07) is 3.41. The zero-order chi connectivity index (χ0) is 35.5. The first-order valence-corrected chi connectivity index (χ1v) is 16.9. The second-order valence-corrected chi connectivity index (χ2v) is 14.5. The first kappa shape index (κ1) is 29.4. The zero-order valence-electron chi connectivity index (χ0n) is 27.2. The van der Waals surface area contributed by atoms with E-state index in [1.54, 1.807) is 15.9 Å². The molecule has 3 aliphatic heterocycles. The van der Waals surface area contributed by atoms with Gasteiger partial charge in [0, 0.05) is 35.8 Å². The van der Waals surface area contributed by atoms with Crippen molar-refractivity contribution >= 4 is 54.7 Å². The van der Waals surface area contributed by atoms with Crippen molar-refractivity contribution in [2.75, 3.05) is 36.8 Å². The number of nitrogen functional groups attached to an aromatic ring is 1. The van der Waals surface area contributed by atoms with Crippen molar-refractivity contribution in [3.05, 3.63) is 41.0 Å². The van der Waals surface area contributed by atoms with Crippen LogP contribution < -0.4 is 15.4 Å². The van der Waals surface area contributed by atoms with Crippen LogP contribution in [-0.4, -0.2) is 64.2 Å². The number of ether oxygens (including phenoxy) is 1. The van der Waals surface area contributed by atoms with Crippen molar-refractivity contribution < 1.29 is 33.8 Å². The topological polar surface area (TPSA) is 91.3 Å². The van der Waals surface area contributed by atoms with Gasteiger partial charge < -0.3 is 15.4 Å². The average Bonchev–Trinajstić information content (AvgIpc) is 3.23. The van der Waals surface area contributed by atoms with Crippen molar-refractivity contribution in [1.29, 1.82) is 5.26 Å². The summed E-state index contributed by atoms with van der Waals surface area (Å²) in [5, 5.41) is 8.76. The van der Waals surface area contributed by atoms with E-state index in [0.29, 0.717) is 37.3 Å². The lowest BCUT2D eigenvalue weighted by molar-refractivity contribution is -0.137. The van der Waals surface area contributed by atoms with Crippen LogP contribution in [0.5, 0.6) is 6.01 Å². The Bertz CT molecular complexity index is 2110. The Labute approximate surface area is 283 Å². The predicted octanol–water partition coefficient (Wildman–Crippen LogP) is 7.81. The minimum Gasteiger partial charge on any atom is -0.461 e. The highest BCUT2D eigenvalue weighted by atomic mass is 35.5. The maximum absolute atomic E-state index is 17.2. The third-order valence-electron chi connectivity index (χ3n) is 10.2. The molecular formula is C33H29ClF6N6OS. The molecule has 5 heterocycles. The minimum atomic E-state index is -5.14. The summed E-state index contributed by atoms with van der Waals surface area (Å²) in [5.74, 6) is -2.40. The van der Waals surface area contributed by atoms with Gasteiger partial charge >= 0.3 is 12.2 Å². The number of benzene rings is 2.